The van der Waals surface area contributed by atoms with E-state index in [9.17, 15) is 0 Å². The highest BCUT2D eigenvalue weighted by atomic mass is 32.2. The predicted molar refractivity (Wildman–Crippen MR) is 69.6 cm³/mol. The molecular weight excluding hydrogens is 202 g/mol. The summed E-state index contributed by atoms with van der Waals surface area (Å²) in [5, 5.41) is 3.39. The molecule has 1 aromatic rings. The Morgan fingerprint density at radius 3 is 2.73 bits per heavy atom. The normalized spacial score (nSPS) is 12.7. The lowest BCUT2D eigenvalue weighted by atomic mass is 10.2. The fourth-order valence-electron chi connectivity index (χ4n) is 1.40. The van der Waals surface area contributed by atoms with Crippen molar-refractivity contribution in [3.8, 4) is 0 Å². The minimum absolute atomic E-state index is 0.731. The topological polar surface area (TPSA) is 12.0 Å². The molecule has 0 fully saturated rings. The minimum Gasteiger partial charge on any atom is -0.317 e. The van der Waals surface area contributed by atoms with E-state index in [0.717, 1.165) is 19.0 Å². The summed E-state index contributed by atoms with van der Waals surface area (Å²) in [6, 6.07) is 8.60. The summed E-state index contributed by atoms with van der Waals surface area (Å²) in [6.07, 6.45) is 0. The summed E-state index contributed by atoms with van der Waals surface area (Å²) in [6.45, 7) is 8.82. The molecule has 1 N–H and O–H groups in total. The zero-order chi connectivity index (χ0) is 11.1. The van der Waals surface area contributed by atoms with Crippen molar-refractivity contribution in [1.82, 2.24) is 5.32 Å². The minimum atomic E-state index is 0.731. The zero-order valence-corrected chi connectivity index (χ0v) is 10.7. The zero-order valence-electron chi connectivity index (χ0n) is 9.92. The average Bonchev–Trinajstić information content (AvgIpc) is 2.25. The Bertz CT molecular complexity index is 286. The molecule has 1 unspecified atom stereocenters. The second kappa shape index (κ2) is 6.91. The number of aryl methyl sites for hydroxylation is 1. The van der Waals surface area contributed by atoms with Crippen molar-refractivity contribution in [2.75, 3.05) is 18.8 Å². The van der Waals surface area contributed by atoms with Crippen LogP contribution in [0.5, 0.6) is 0 Å². The van der Waals surface area contributed by atoms with Crippen LogP contribution >= 0.6 is 11.8 Å². The van der Waals surface area contributed by atoms with Crippen LogP contribution in [0, 0.1) is 12.8 Å². The molecule has 0 saturated carbocycles. The molecule has 0 aliphatic rings. The van der Waals surface area contributed by atoms with Gasteiger partial charge in [0.1, 0.15) is 0 Å². The van der Waals surface area contributed by atoms with Gasteiger partial charge in [-0.15, -0.1) is 11.8 Å². The highest BCUT2D eigenvalue weighted by Crippen LogP contribution is 2.23. The van der Waals surface area contributed by atoms with Gasteiger partial charge in [-0.1, -0.05) is 32.0 Å². The molecule has 1 rings (SSSR count). The van der Waals surface area contributed by atoms with Crippen LogP contribution in [0.4, 0.5) is 0 Å². The fraction of sp³-hybridized carbons (Fsp3) is 0.538. The molecule has 0 saturated heterocycles. The molecule has 1 nitrogen and oxygen atoms in total. The van der Waals surface area contributed by atoms with Gasteiger partial charge in [0.05, 0.1) is 0 Å². The van der Waals surface area contributed by atoms with Crippen LogP contribution < -0.4 is 5.32 Å². The van der Waals surface area contributed by atoms with Crippen LogP contribution in [0.2, 0.25) is 0 Å². The van der Waals surface area contributed by atoms with Crippen molar-refractivity contribution >= 4 is 11.8 Å². The molecule has 0 heterocycles. The van der Waals surface area contributed by atoms with Crippen molar-refractivity contribution in [1.29, 1.82) is 0 Å². The number of rotatable bonds is 6. The fourth-order valence-corrected chi connectivity index (χ4v) is 2.45. The second-order valence-corrected chi connectivity index (χ2v) is 5.05. The van der Waals surface area contributed by atoms with Crippen LogP contribution in [-0.4, -0.2) is 18.8 Å². The summed E-state index contributed by atoms with van der Waals surface area (Å²) in [7, 11) is 0. The molecule has 0 aliphatic carbocycles. The Labute approximate surface area is 97.7 Å². The van der Waals surface area contributed by atoms with Crippen molar-refractivity contribution in [3.63, 3.8) is 0 Å². The van der Waals surface area contributed by atoms with E-state index in [4.69, 9.17) is 0 Å². The summed E-state index contributed by atoms with van der Waals surface area (Å²) in [4.78, 5) is 1.42. The number of thioether (sulfide) groups is 1. The van der Waals surface area contributed by atoms with Gasteiger partial charge in [-0.3, -0.25) is 0 Å². The molecule has 0 amide bonds. The van der Waals surface area contributed by atoms with E-state index in [-0.39, 0.29) is 0 Å². The number of hydrogen-bond acceptors (Lipinski definition) is 2. The summed E-state index contributed by atoms with van der Waals surface area (Å²) < 4.78 is 0. The van der Waals surface area contributed by atoms with E-state index in [2.05, 4.69) is 50.4 Å². The first-order valence-electron chi connectivity index (χ1n) is 5.63. The molecule has 0 bridgehead atoms. The SMILES string of the molecule is CCNCC(C)CSc1ccccc1C. The number of nitrogens with one attached hydrogen (secondary N) is 1. The molecule has 0 aliphatic heterocycles. The van der Waals surface area contributed by atoms with E-state index in [1.165, 1.54) is 16.2 Å². The number of hydrogen-bond donors (Lipinski definition) is 1. The lowest BCUT2D eigenvalue weighted by Gasteiger charge is -2.12. The van der Waals surface area contributed by atoms with E-state index < -0.39 is 0 Å². The van der Waals surface area contributed by atoms with E-state index >= 15 is 0 Å². The summed E-state index contributed by atoms with van der Waals surface area (Å²) in [5.74, 6) is 1.92. The highest BCUT2D eigenvalue weighted by molar-refractivity contribution is 7.99. The van der Waals surface area contributed by atoms with Gasteiger partial charge in [0.2, 0.25) is 0 Å². The first kappa shape index (κ1) is 12.6. The van der Waals surface area contributed by atoms with Gasteiger partial charge in [-0.2, -0.15) is 0 Å². The molecule has 0 radical (unpaired) electrons. The van der Waals surface area contributed by atoms with Crippen LogP contribution in [0.1, 0.15) is 19.4 Å². The lowest BCUT2D eigenvalue weighted by molar-refractivity contribution is 0.574. The third-order valence-electron chi connectivity index (χ3n) is 2.36. The van der Waals surface area contributed by atoms with Crippen LogP contribution in [0.25, 0.3) is 0 Å². The highest BCUT2D eigenvalue weighted by Gasteiger charge is 2.03. The van der Waals surface area contributed by atoms with Crippen LogP contribution in [0.15, 0.2) is 29.2 Å². The van der Waals surface area contributed by atoms with Gasteiger partial charge < -0.3 is 5.32 Å². The Kier molecular flexibility index (Phi) is 5.81. The molecular formula is C13H21NS. The Morgan fingerprint density at radius 1 is 1.33 bits per heavy atom. The van der Waals surface area contributed by atoms with Gasteiger partial charge >= 0.3 is 0 Å². The van der Waals surface area contributed by atoms with Crippen LogP contribution in [0.3, 0.4) is 0 Å². The monoisotopic (exact) mass is 223 g/mol. The van der Waals surface area contributed by atoms with Gasteiger partial charge in [0, 0.05) is 10.6 Å². The van der Waals surface area contributed by atoms with Crippen molar-refractivity contribution in [2.24, 2.45) is 5.92 Å². The van der Waals surface area contributed by atoms with Gasteiger partial charge in [-0.25, -0.2) is 0 Å². The Balaban J connectivity index is 2.33. The maximum absolute atomic E-state index is 3.39. The van der Waals surface area contributed by atoms with Crippen molar-refractivity contribution < 1.29 is 0 Å². The van der Waals surface area contributed by atoms with Gasteiger partial charge in [0.15, 0.2) is 0 Å². The van der Waals surface area contributed by atoms with E-state index in [1.807, 2.05) is 11.8 Å². The second-order valence-electron chi connectivity index (χ2n) is 3.99. The third kappa shape index (κ3) is 4.72. The lowest BCUT2D eigenvalue weighted by Crippen LogP contribution is -2.21. The van der Waals surface area contributed by atoms with Crippen LogP contribution in [-0.2, 0) is 0 Å². The number of benzene rings is 1. The molecule has 84 valence electrons. The molecule has 2 heteroatoms. The maximum atomic E-state index is 3.39. The molecule has 1 aromatic carbocycles. The van der Waals surface area contributed by atoms with Crippen molar-refractivity contribution in [2.45, 2.75) is 25.7 Å². The molecule has 1 atom stereocenters. The largest absolute Gasteiger partial charge is 0.317 e. The first-order valence-corrected chi connectivity index (χ1v) is 6.61. The van der Waals surface area contributed by atoms with Crippen molar-refractivity contribution in [3.05, 3.63) is 29.8 Å². The maximum Gasteiger partial charge on any atom is 0.0101 e. The standard InChI is InChI=1S/C13H21NS/c1-4-14-9-11(2)10-15-13-8-6-5-7-12(13)3/h5-8,11,14H,4,9-10H2,1-3H3. The molecule has 15 heavy (non-hydrogen) atoms. The average molecular weight is 223 g/mol. The van der Waals surface area contributed by atoms with Gasteiger partial charge in [-0.05, 0) is 37.6 Å². The quantitative estimate of drug-likeness (QED) is 0.742. The van der Waals surface area contributed by atoms with E-state index in [0.29, 0.717) is 0 Å². The Hall–Kier alpha value is -0.470. The summed E-state index contributed by atoms with van der Waals surface area (Å²) in [5.41, 5.74) is 1.39. The van der Waals surface area contributed by atoms with Gasteiger partial charge in [0.25, 0.3) is 0 Å². The molecule has 0 spiro atoms. The Morgan fingerprint density at radius 2 is 2.07 bits per heavy atom. The summed E-state index contributed by atoms with van der Waals surface area (Å²) >= 11 is 1.97. The molecule has 0 aromatic heterocycles. The smallest absolute Gasteiger partial charge is 0.0101 e. The predicted octanol–water partition coefficient (Wildman–Crippen LogP) is 3.33. The van der Waals surface area contributed by atoms with E-state index in [1.54, 1.807) is 0 Å². The first-order chi connectivity index (χ1) is 7.24. The third-order valence-corrected chi connectivity index (χ3v) is 3.86.